The van der Waals surface area contributed by atoms with Crippen LogP contribution < -0.4 is 16.2 Å². The van der Waals surface area contributed by atoms with Crippen LogP contribution in [0.4, 0.5) is 15.8 Å². The number of carbonyl (C=O) groups is 1. The number of anilines is 2. The molecule has 0 saturated heterocycles. The van der Waals surface area contributed by atoms with Gasteiger partial charge in [0.2, 0.25) is 0 Å². The zero-order valence-electron chi connectivity index (χ0n) is 10.3. The predicted molar refractivity (Wildman–Crippen MR) is 71.2 cm³/mol. The van der Waals surface area contributed by atoms with Crippen molar-refractivity contribution in [1.29, 1.82) is 0 Å². The maximum atomic E-state index is 12.8. The van der Waals surface area contributed by atoms with E-state index in [1.165, 1.54) is 35.4 Å². The van der Waals surface area contributed by atoms with Gasteiger partial charge in [-0.05, 0) is 36.4 Å². The van der Waals surface area contributed by atoms with Crippen LogP contribution in [0.2, 0.25) is 0 Å². The van der Waals surface area contributed by atoms with Crippen LogP contribution in [-0.4, -0.2) is 17.9 Å². The summed E-state index contributed by atoms with van der Waals surface area (Å²) in [5, 5.41) is 0. The Kier molecular flexibility index (Phi) is 3.72. The average molecular weight is 260 g/mol. The highest BCUT2D eigenvalue weighted by atomic mass is 19.1. The third-order valence-electron chi connectivity index (χ3n) is 2.67. The molecule has 0 radical (unpaired) electrons. The second kappa shape index (κ2) is 5.45. The van der Waals surface area contributed by atoms with Gasteiger partial charge >= 0.3 is 0 Å². The summed E-state index contributed by atoms with van der Waals surface area (Å²) in [6, 6.07) is 8.88. The molecule has 0 saturated carbocycles. The summed E-state index contributed by atoms with van der Waals surface area (Å²) in [4.78, 5) is 17.6. The summed E-state index contributed by atoms with van der Waals surface area (Å²) in [5.41, 5.74) is 3.92. The first-order valence-corrected chi connectivity index (χ1v) is 5.58. The first-order valence-electron chi connectivity index (χ1n) is 5.58. The number of nitrogens with one attached hydrogen (secondary N) is 1. The lowest BCUT2D eigenvalue weighted by Crippen LogP contribution is -2.27. The van der Waals surface area contributed by atoms with E-state index in [9.17, 15) is 9.18 Å². The van der Waals surface area contributed by atoms with Gasteiger partial charge in [-0.1, -0.05) is 0 Å². The van der Waals surface area contributed by atoms with Crippen LogP contribution in [0.15, 0.2) is 42.6 Å². The molecule has 1 aromatic carbocycles. The molecule has 0 unspecified atom stereocenters. The molecule has 1 aromatic heterocycles. The Balaban J connectivity index is 2.20. The van der Waals surface area contributed by atoms with Crippen molar-refractivity contribution < 1.29 is 9.18 Å². The fourth-order valence-electron chi connectivity index (χ4n) is 1.56. The summed E-state index contributed by atoms with van der Waals surface area (Å²) in [5.74, 6) is 4.59. The van der Waals surface area contributed by atoms with E-state index < -0.39 is 0 Å². The number of hydrogen-bond donors (Lipinski definition) is 2. The average Bonchev–Trinajstić information content (AvgIpc) is 2.46. The van der Waals surface area contributed by atoms with E-state index in [0.29, 0.717) is 11.4 Å². The van der Waals surface area contributed by atoms with E-state index >= 15 is 0 Å². The molecule has 0 atom stereocenters. The molecule has 2 aromatic rings. The van der Waals surface area contributed by atoms with Gasteiger partial charge in [0, 0.05) is 12.7 Å². The quantitative estimate of drug-likeness (QED) is 0.652. The van der Waals surface area contributed by atoms with Crippen molar-refractivity contribution in [2.45, 2.75) is 0 Å². The molecule has 5 nitrogen and oxygen atoms in total. The van der Waals surface area contributed by atoms with Gasteiger partial charge in [0.1, 0.15) is 11.5 Å². The lowest BCUT2D eigenvalue weighted by molar-refractivity contribution is 0.0988. The number of nitrogens with two attached hydrogens (primary N) is 1. The van der Waals surface area contributed by atoms with Gasteiger partial charge in [-0.15, -0.1) is 0 Å². The predicted octanol–water partition coefficient (Wildman–Crippen LogP) is 1.78. The molecule has 0 bridgehead atoms. The van der Waals surface area contributed by atoms with Crippen LogP contribution in [-0.2, 0) is 0 Å². The minimum atomic E-state index is -0.346. The van der Waals surface area contributed by atoms with Crippen molar-refractivity contribution in [2.75, 3.05) is 17.4 Å². The minimum Gasteiger partial charge on any atom is -0.323 e. The smallest absolute Gasteiger partial charge is 0.276 e. The fraction of sp³-hybridized carbons (Fsp3) is 0.0769. The first-order chi connectivity index (χ1) is 9.11. The zero-order chi connectivity index (χ0) is 13.8. The number of aromatic nitrogens is 1. The van der Waals surface area contributed by atoms with Gasteiger partial charge in [0.25, 0.3) is 5.91 Å². The summed E-state index contributed by atoms with van der Waals surface area (Å²) >= 11 is 0. The van der Waals surface area contributed by atoms with Gasteiger partial charge in [0.05, 0.1) is 11.9 Å². The molecule has 0 aliphatic heterocycles. The molecule has 0 aliphatic rings. The van der Waals surface area contributed by atoms with Crippen LogP contribution >= 0.6 is 0 Å². The summed E-state index contributed by atoms with van der Waals surface area (Å²) in [7, 11) is 1.60. The highest BCUT2D eigenvalue weighted by molar-refractivity contribution is 6.04. The molecule has 98 valence electrons. The van der Waals surface area contributed by atoms with Gasteiger partial charge < -0.3 is 10.3 Å². The lowest BCUT2D eigenvalue weighted by Gasteiger charge is -2.16. The van der Waals surface area contributed by atoms with Crippen LogP contribution in [0, 0.1) is 5.82 Å². The number of carbonyl (C=O) groups excluding carboxylic acids is 1. The third kappa shape index (κ3) is 2.86. The number of rotatable bonds is 3. The van der Waals surface area contributed by atoms with Crippen molar-refractivity contribution in [3.63, 3.8) is 0 Å². The largest absolute Gasteiger partial charge is 0.323 e. The van der Waals surface area contributed by atoms with Crippen LogP contribution in [0.1, 0.15) is 10.5 Å². The van der Waals surface area contributed by atoms with Gasteiger partial charge in [0.15, 0.2) is 0 Å². The number of pyridine rings is 1. The number of halogens is 1. The number of nitrogen functional groups attached to an aromatic ring is 1. The van der Waals surface area contributed by atoms with Crippen molar-refractivity contribution in [2.24, 2.45) is 5.84 Å². The summed E-state index contributed by atoms with van der Waals surface area (Å²) < 4.78 is 12.8. The standard InChI is InChI=1S/C13H13FN4O/c1-18(11-5-2-9(14)3-6-11)13(19)12-7-4-10(17-15)8-16-12/h2-8,17H,15H2,1H3. The number of benzene rings is 1. The third-order valence-corrected chi connectivity index (χ3v) is 2.67. The highest BCUT2D eigenvalue weighted by Gasteiger charge is 2.14. The molecule has 0 aliphatic carbocycles. The van der Waals surface area contributed by atoms with Crippen LogP contribution in [0.25, 0.3) is 0 Å². The van der Waals surface area contributed by atoms with Crippen molar-refractivity contribution >= 4 is 17.3 Å². The molecule has 2 rings (SSSR count). The van der Waals surface area contributed by atoms with Crippen molar-refractivity contribution in [3.05, 3.63) is 54.1 Å². The topological polar surface area (TPSA) is 71.2 Å². The Labute approximate surface area is 109 Å². The maximum Gasteiger partial charge on any atom is 0.276 e. The van der Waals surface area contributed by atoms with E-state index in [0.717, 1.165) is 0 Å². The molecule has 3 N–H and O–H groups in total. The summed E-state index contributed by atoms with van der Waals surface area (Å²) in [6.45, 7) is 0. The second-order valence-corrected chi connectivity index (χ2v) is 3.92. The molecule has 1 amide bonds. The lowest BCUT2D eigenvalue weighted by atomic mass is 10.2. The Bertz CT molecular complexity index is 568. The van der Waals surface area contributed by atoms with Crippen molar-refractivity contribution in [1.82, 2.24) is 4.98 Å². The normalized spacial score (nSPS) is 10.1. The van der Waals surface area contributed by atoms with Gasteiger partial charge in [-0.3, -0.25) is 10.6 Å². The molecule has 6 heteroatoms. The molecule has 1 heterocycles. The van der Waals surface area contributed by atoms with E-state index in [2.05, 4.69) is 10.4 Å². The Hall–Kier alpha value is -2.47. The van der Waals surface area contributed by atoms with Gasteiger partial charge in [-0.25, -0.2) is 9.37 Å². The number of hydrogen-bond acceptors (Lipinski definition) is 4. The maximum absolute atomic E-state index is 12.8. The Morgan fingerprint density at radius 1 is 1.26 bits per heavy atom. The fourth-order valence-corrected chi connectivity index (χ4v) is 1.56. The monoisotopic (exact) mass is 260 g/mol. The zero-order valence-corrected chi connectivity index (χ0v) is 10.3. The molecular formula is C13H13FN4O. The molecular weight excluding hydrogens is 247 g/mol. The Morgan fingerprint density at radius 2 is 1.95 bits per heavy atom. The molecule has 0 spiro atoms. The van der Waals surface area contributed by atoms with E-state index in [-0.39, 0.29) is 17.4 Å². The number of hydrazine groups is 1. The van der Waals surface area contributed by atoms with Crippen LogP contribution in [0.3, 0.4) is 0 Å². The number of amides is 1. The van der Waals surface area contributed by atoms with E-state index in [1.807, 2.05) is 0 Å². The van der Waals surface area contributed by atoms with E-state index in [1.54, 1.807) is 19.2 Å². The molecule has 19 heavy (non-hydrogen) atoms. The SMILES string of the molecule is CN(C(=O)c1ccc(NN)cn1)c1ccc(F)cc1. The van der Waals surface area contributed by atoms with Gasteiger partial charge in [-0.2, -0.15) is 0 Å². The van der Waals surface area contributed by atoms with E-state index in [4.69, 9.17) is 5.84 Å². The second-order valence-electron chi connectivity index (χ2n) is 3.92. The Morgan fingerprint density at radius 3 is 2.47 bits per heavy atom. The van der Waals surface area contributed by atoms with Crippen molar-refractivity contribution in [3.8, 4) is 0 Å². The molecule has 0 fully saturated rings. The first kappa shape index (κ1) is 13.0. The highest BCUT2D eigenvalue weighted by Crippen LogP contribution is 2.16. The van der Waals surface area contributed by atoms with Crippen LogP contribution in [0.5, 0.6) is 0 Å². The minimum absolute atomic E-state index is 0.282. The number of nitrogens with zero attached hydrogens (tertiary/aromatic N) is 2. The summed E-state index contributed by atoms with van der Waals surface area (Å²) in [6.07, 6.45) is 1.46.